The van der Waals surface area contributed by atoms with Gasteiger partial charge >= 0.3 is 0 Å². The molecule has 13 heavy (non-hydrogen) atoms. The van der Waals surface area contributed by atoms with Crippen LogP contribution in [0, 0.1) is 5.92 Å². The molecule has 2 rings (SSSR count). The molecule has 1 unspecified atom stereocenters. The van der Waals surface area contributed by atoms with Gasteiger partial charge in [-0.2, -0.15) is 0 Å². The third-order valence-electron chi connectivity index (χ3n) is 2.75. The van der Waals surface area contributed by atoms with Crippen molar-refractivity contribution in [2.75, 3.05) is 26.3 Å². The molecular formula is C9H16N2O2. The van der Waals surface area contributed by atoms with Gasteiger partial charge in [0.1, 0.15) is 0 Å². The van der Waals surface area contributed by atoms with Gasteiger partial charge in [-0.1, -0.05) is 0 Å². The molecule has 0 aromatic carbocycles. The SMILES string of the molecule is NC1CCN(C(=O)CC2COC2)C1. The largest absolute Gasteiger partial charge is 0.381 e. The summed E-state index contributed by atoms with van der Waals surface area (Å²) in [6.45, 7) is 3.09. The predicted octanol–water partition coefficient (Wildman–Crippen LogP) is -0.418. The Balaban J connectivity index is 1.76. The van der Waals surface area contributed by atoms with E-state index in [4.69, 9.17) is 10.5 Å². The van der Waals surface area contributed by atoms with Crippen molar-refractivity contribution in [3.05, 3.63) is 0 Å². The van der Waals surface area contributed by atoms with Crippen molar-refractivity contribution in [1.82, 2.24) is 4.90 Å². The Morgan fingerprint density at radius 2 is 2.31 bits per heavy atom. The molecule has 0 bridgehead atoms. The molecule has 0 spiro atoms. The summed E-state index contributed by atoms with van der Waals surface area (Å²) in [5, 5.41) is 0. The maximum Gasteiger partial charge on any atom is 0.223 e. The average molecular weight is 184 g/mol. The third-order valence-corrected chi connectivity index (χ3v) is 2.75. The first-order chi connectivity index (χ1) is 6.25. The van der Waals surface area contributed by atoms with Gasteiger partial charge in [-0.25, -0.2) is 0 Å². The molecule has 2 heterocycles. The van der Waals surface area contributed by atoms with Gasteiger partial charge in [-0.3, -0.25) is 4.79 Å². The minimum Gasteiger partial charge on any atom is -0.381 e. The van der Waals surface area contributed by atoms with Crippen LogP contribution in [0.5, 0.6) is 0 Å². The highest BCUT2D eigenvalue weighted by atomic mass is 16.5. The van der Waals surface area contributed by atoms with Crippen molar-refractivity contribution >= 4 is 5.91 Å². The topological polar surface area (TPSA) is 55.6 Å². The van der Waals surface area contributed by atoms with Crippen molar-refractivity contribution in [1.29, 1.82) is 0 Å². The molecule has 0 aliphatic carbocycles. The molecule has 2 saturated heterocycles. The van der Waals surface area contributed by atoms with E-state index >= 15 is 0 Å². The Morgan fingerprint density at radius 1 is 1.54 bits per heavy atom. The summed E-state index contributed by atoms with van der Waals surface area (Å²) in [5.41, 5.74) is 5.72. The predicted molar refractivity (Wildman–Crippen MR) is 48.1 cm³/mol. The van der Waals surface area contributed by atoms with E-state index in [9.17, 15) is 4.79 Å². The molecule has 1 atom stereocenters. The van der Waals surface area contributed by atoms with Crippen LogP contribution in [-0.4, -0.2) is 43.2 Å². The van der Waals surface area contributed by atoms with E-state index < -0.39 is 0 Å². The Hall–Kier alpha value is -0.610. The molecule has 74 valence electrons. The van der Waals surface area contributed by atoms with E-state index in [1.165, 1.54) is 0 Å². The second-order valence-corrected chi connectivity index (χ2v) is 4.00. The van der Waals surface area contributed by atoms with Crippen LogP contribution in [-0.2, 0) is 9.53 Å². The lowest BCUT2D eigenvalue weighted by molar-refractivity contribution is -0.135. The molecule has 0 saturated carbocycles. The average Bonchev–Trinajstić information content (AvgIpc) is 2.44. The summed E-state index contributed by atoms with van der Waals surface area (Å²) in [6, 6.07) is 0.196. The minimum atomic E-state index is 0.196. The van der Waals surface area contributed by atoms with Crippen LogP contribution in [0.4, 0.5) is 0 Å². The normalized spacial score (nSPS) is 29.0. The molecule has 0 aromatic heterocycles. The number of hydrogen-bond acceptors (Lipinski definition) is 3. The van der Waals surface area contributed by atoms with Gasteiger partial charge < -0.3 is 15.4 Å². The van der Waals surface area contributed by atoms with Gasteiger partial charge in [0.25, 0.3) is 0 Å². The van der Waals surface area contributed by atoms with Crippen molar-refractivity contribution < 1.29 is 9.53 Å². The first kappa shape index (κ1) is 8.97. The highest BCUT2D eigenvalue weighted by Crippen LogP contribution is 2.17. The number of likely N-dealkylation sites (tertiary alicyclic amines) is 1. The van der Waals surface area contributed by atoms with E-state index in [-0.39, 0.29) is 11.9 Å². The zero-order chi connectivity index (χ0) is 9.26. The molecular weight excluding hydrogens is 168 g/mol. The summed E-state index contributed by atoms with van der Waals surface area (Å²) in [6.07, 6.45) is 1.60. The van der Waals surface area contributed by atoms with E-state index in [0.29, 0.717) is 12.3 Å². The summed E-state index contributed by atoms with van der Waals surface area (Å²) < 4.78 is 5.02. The summed E-state index contributed by atoms with van der Waals surface area (Å²) in [5.74, 6) is 0.713. The molecule has 2 fully saturated rings. The number of rotatable bonds is 2. The van der Waals surface area contributed by atoms with Gasteiger partial charge in [-0.15, -0.1) is 0 Å². The highest BCUT2D eigenvalue weighted by Gasteiger charge is 2.28. The van der Waals surface area contributed by atoms with Crippen molar-refractivity contribution in [3.63, 3.8) is 0 Å². The maximum atomic E-state index is 11.6. The molecule has 4 heteroatoms. The lowest BCUT2D eigenvalue weighted by Crippen LogP contribution is -2.37. The number of nitrogens with zero attached hydrogens (tertiary/aromatic N) is 1. The Labute approximate surface area is 78.0 Å². The van der Waals surface area contributed by atoms with Crippen LogP contribution >= 0.6 is 0 Å². The van der Waals surface area contributed by atoms with Crippen LogP contribution in [0.2, 0.25) is 0 Å². The van der Waals surface area contributed by atoms with Gasteiger partial charge in [-0.05, 0) is 6.42 Å². The number of nitrogens with two attached hydrogens (primary N) is 1. The summed E-state index contributed by atoms with van der Waals surface area (Å²) >= 11 is 0. The Morgan fingerprint density at radius 3 is 2.77 bits per heavy atom. The zero-order valence-electron chi connectivity index (χ0n) is 7.74. The van der Waals surface area contributed by atoms with Crippen LogP contribution in [0.15, 0.2) is 0 Å². The van der Waals surface area contributed by atoms with Gasteiger partial charge in [0.2, 0.25) is 5.91 Å². The van der Waals surface area contributed by atoms with Crippen LogP contribution in [0.25, 0.3) is 0 Å². The molecule has 2 N–H and O–H groups in total. The van der Waals surface area contributed by atoms with E-state index in [2.05, 4.69) is 0 Å². The van der Waals surface area contributed by atoms with Crippen molar-refractivity contribution in [2.45, 2.75) is 18.9 Å². The van der Waals surface area contributed by atoms with E-state index in [1.54, 1.807) is 0 Å². The minimum absolute atomic E-state index is 0.196. The fraction of sp³-hybridized carbons (Fsp3) is 0.889. The summed E-state index contributed by atoms with van der Waals surface area (Å²) in [7, 11) is 0. The fourth-order valence-corrected chi connectivity index (χ4v) is 1.79. The second-order valence-electron chi connectivity index (χ2n) is 4.00. The lowest BCUT2D eigenvalue weighted by Gasteiger charge is -2.27. The first-order valence-electron chi connectivity index (χ1n) is 4.87. The number of carbonyl (C=O) groups excluding carboxylic acids is 1. The molecule has 0 aromatic rings. The Bertz CT molecular complexity index is 204. The standard InChI is InChI=1S/C9H16N2O2/c10-8-1-2-11(4-8)9(12)3-7-5-13-6-7/h7-8H,1-6,10H2. The van der Waals surface area contributed by atoms with Crippen LogP contribution in [0.1, 0.15) is 12.8 Å². The fourth-order valence-electron chi connectivity index (χ4n) is 1.79. The molecule has 1 amide bonds. The number of hydrogen-bond donors (Lipinski definition) is 1. The van der Waals surface area contributed by atoms with Gasteiger partial charge in [0, 0.05) is 31.5 Å². The monoisotopic (exact) mass is 184 g/mol. The highest BCUT2D eigenvalue weighted by molar-refractivity contribution is 5.76. The molecule has 2 aliphatic rings. The number of carbonyl (C=O) groups is 1. The maximum absolute atomic E-state index is 11.6. The second kappa shape index (κ2) is 3.64. The Kier molecular flexibility index (Phi) is 2.51. The molecule has 4 nitrogen and oxygen atoms in total. The smallest absolute Gasteiger partial charge is 0.223 e. The van der Waals surface area contributed by atoms with Crippen LogP contribution < -0.4 is 5.73 Å². The van der Waals surface area contributed by atoms with E-state index in [1.807, 2.05) is 4.90 Å². The molecule has 0 radical (unpaired) electrons. The summed E-state index contributed by atoms with van der Waals surface area (Å²) in [4.78, 5) is 13.5. The van der Waals surface area contributed by atoms with Crippen molar-refractivity contribution in [3.8, 4) is 0 Å². The quantitative estimate of drug-likeness (QED) is 0.634. The van der Waals surface area contributed by atoms with Crippen LogP contribution in [0.3, 0.4) is 0 Å². The third kappa shape index (κ3) is 2.00. The van der Waals surface area contributed by atoms with E-state index in [0.717, 1.165) is 32.7 Å². The van der Waals surface area contributed by atoms with Gasteiger partial charge in [0.15, 0.2) is 0 Å². The number of ether oxygens (including phenoxy) is 1. The number of amides is 1. The molecule has 2 aliphatic heterocycles. The van der Waals surface area contributed by atoms with Gasteiger partial charge in [0.05, 0.1) is 13.2 Å². The zero-order valence-corrected chi connectivity index (χ0v) is 7.74. The van der Waals surface area contributed by atoms with Crippen molar-refractivity contribution in [2.24, 2.45) is 11.7 Å². The first-order valence-corrected chi connectivity index (χ1v) is 4.87. The lowest BCUT2D eigenvalue weighted by atomic mass is 10.0.